The van der Waals surface area contributed by atoms with Crippen molar-refractivity contribution in [1.29, 1.82) is 0 Å². The highest BCUT2D eigenvalue weighted by atomic mass is 127. The second kappa shape index (κ2) is 10.9. The van der Waals surface area contributed by atoms with Gasteiger partial charge < -0.3 is 10.6 Å². The Hall–Kier alpha value is -1.13. The van der Waals surface area contributed by atoms with Crippen molar-refractivity contribution < 1.29 is 0 Å². The van der Waals surface area contributed by atoms with Crippen molar-refractivity contribution in [2.24, 2.45) is 12.0 Å². The van der Waals surface area contributed by atoms with Crippen molar-refractivity contribution in [3.8, 4) is 0 Å². The van der Waals surface area contributed by atoms with Crippen molar-refractivity contribution in [1.82, 2.24) is 25.3 Å². The average Bonchev–Trinajstić information content (AvgIpc) is 3.37. The van der Waals surface area contributed by atoms with Crippen LogP contribution in [0.15, 0.2) is 34.9 Å². The Kier molecular flexibility index (Phi) is 8.86. The predicted octanol–water partition coefficient (Wildman–Crippen LogP) is 2.64. The molecule has 1 atom stereocenters. The number of aliphatic imine (C=N–C) groups is 1. The summed E-state index contributed by atoms with van der Waals surface area (Å²) >= 11 is 1.84. The number of hydrogen-bond donors (Lipinski definition) is 2. The van der Waals surface area contributed by atoms with Crippen molar-refractivity contribution in [3.05, 3.63) is 40.3 Å². The Balaban J connectivity index is 0.00000243. The van der Waals surface area contributed by atoms with Gasteiger partial charge >= 0.3 is 0 Å². The number of hydrogen-bond acceptors (Lipinski definition) is 4. The second-order valence-electron chi connectivity index (χ2n) is 6.43. The largest absolute Gasteiger partial charge is 0.356 e. The molecule has 1 unspecified atom stereocenters. The van der Waals surface area contributed by atoms with Gasteiger partial charge in [-0.3, -0.25) is 14.6 Å². The van der Waals surface area contributed by atoms with E-state index in [1.165, 1.54) is 36.4 Å². The highest BCUT2D eigenvalue weighted by Crippen LogP contribution is 2.27. The lowest BCUT2D eigenvalue weighted by Gasteiger charge is -2.27. The van der Waals surface area contributed by atoms with Crippen LogP contribution in [-0.4, -0.2) is 53.9 Å². The standard InChI is InChI=1S/C18H28N6S.HI/c1-19-18(20-8-7-15-12-22-23(2)14-15)21-13-16(17-6-5-11-25-17)24-9-3-4-10-24;/h5-6,11-12,14,16H,3-4,7-10,13H2,1-2H3,(H2,19,20,21);1H. The van der Waals surface area contributed by atoms with Crippen LogP contribution in [0.1, 0.15) is 29.3 Å². The Labute approximate surface area is 177 Å². The monoisotopic (exact) mass is 488 g/mol. The first-order chi connectivity index (χ1) is 12.3. The van der Waals surface area contributed by atoms with E-state index in [-0.39, 0.29) is 24.0 Å². The minimum absolute atomic E-state index is 0. The van der Waals surface area contributed by atoms with Gasteiger partial charge in [-0.25, -0.2) is 0 Å². The lowest BCUT2D eigenvalue weighted by Crippen LogP contribution is -2.43. The predicted molar refractivity (Wildman–Crippen MR) is 120 cm³/mol. The normalized spacial score (nSPS) is 16.3. The summed E-state index contributed by atoms with van der Waals surface area (Å²) in [5.41, 5.74) is 1.24. The maximum Gasteiger partial charge on any atom is 0.191 e. The van der Waals surface area contributed by atoms with E-state index in [0.717, 1.165) is 25.5 Å². The molecule has 8 heteroatoms. The highest BCUT2D eigenvalue weighted by Gasteiger charge is 2.24. The van der Waals surface area contributed by atoms with Gasteiger partial charge in [0.05, 0.1) is 12.2 Å². The number of aryl methyl sites for hydroxylation is 1. The van der Waals surface area contributed by atoms with Crippen LogP contribution < -0.4 is 10.6 Å². The molecular weight excluding hydrogens is 459 g/mol. The Morgan fingerprint density at radius 2 is 2.15 bits per heavy atom. The molecule has 6 nitrogen and oxygen atoms in total. The van der Waals surface area contributed by atoms with Gasteiger partial charge in [-0.15, -0.1) is 35.3 Å². The van der Waals surface area contributed by atoms with E-state index in [0.29, 0.717) is 6.04 Å². The number of nitrogens with zero attached hydrogens (tertiary/aromatic N) is 4. The van der Waals surface area contributed by atoms with Crippen LogP contribution in [0.4, 0.5) is 0 Å². The van der Waals surface area contributed by atoms with Crippen LogP contribution in [0.3, 0.4) is 0 Å². The molecule has 2 aromatic heterocycles. The fourth-order valence-corrected chi connectivity index (χ4v) is 4.14. The number of guanidine groups is 1. The molecule has 0 aliphatic carbocycles. The van der Waals surface area contributed by atoms with E-state index in [4.69, 9.17) is 0 Å². The van der Waals surface area contributed by atoms with E-state index in [1.54, 1.807) is 0 Å². The molecule has 1 aliphatic heterocycles. The highest BCUT2D eigenvalue weighted by molar-refractivity contribution is 14.0. The van der Waals surface area contributed by atoms with E-state index < -0.39 is 0 Å². The van der Waals surface area contributed by atoms with Crippen LogP contribution in [0.2, 0.25) is 0 Å². The first kappa shape index (κ1) is 21.2. The van der Waals surface area contributed by atoms with Crippen molar-refractivity contribution in [3.63, 3.8) is 0 Å². The Morgan fingerprint density at radius 1 is 1.35 bits per heavy atom. The van der Waals surface area contributed by atoms with Gasteiger partial charge in [0.25, 0.3) is 0 Å². The summed E-state index contributed by atoms with van der Waals surface area (Å²) in [4.78, 5) is 8.38. The van der Waals surface area contributed by atoms with Gasteiger partial charge in [0.1, 0.15) is 0 Å². The smallest absolute Gasteiger partial charge is 0.191 e. The molecule has 26 heavy (non-hydrogen) atoms. The SMILES string of the molecule is CN=C(NCCc1cnn(C)c1)NCC(c1cccs1)N1CCCC1.I. The van der Waals surface area contributed by atoms with Crippen LogP contribution in [0.25, 0.3) is 0 Å². The lowest BCUT2D eigenvalue weighted by molar-refractivity contribution is 0.249. The minimum Gasteiger partial charge on any atom is -0.356 e. The maximum atomic E-state index is 4.36. The quantitative estimate of drug-likeness (QED) is 0.358. The van der Waals surface area contributed by atoms with Gasteiger partial charge in [-0.1, -0.05) is 6.07 Å². The Bertz CT molecular complexity index is 663. The molecule has 1 fully saturated rings. The molecule has 0 saturated carbocycles. The molecular formula is C18H29IN6S. The molecule has 1 saturated heterocycles. The van der Waals surface area contributed by atoms with Gasteiger partial charge in [-0.05, 0) is 49.4 Å². The number of thiophene rings is 1. The van der Waals surface area contributed by atoms with Gasteiger partial charge in [0, 0.05) is 38.3 Å². The van der Waals surface area contributed by atoms with E-state index >= 15 is 0 Å². The van der Waals surface area contributed by atoms with E-state index in [9.17, 15) is 0 Å². The third-order valence-electron chi connectivity index (χ3n) is 4.60. The molecule has 3 rings (SSSR count). The minimum atomic E-state index is 0. The summed E-state index contributed by atoms with van der Waals surface area (Å²) in [5.74, 6) is 0.865. The topological polar surface area (TPSA) is 57.5 Å². The summed E-state index contributed by atoms with van der Waals surface area (Å²) in [6, 6.07) is 4.82. The number of likely N-dealkylation sites (tertiary alicyclic amines) is 1. The molecule has 1 aliphatic rings. The van der Waals surface area contributed by atoms with Crippen LogP contribution in [0.5, 0.6) is 0 Å². The summed E-state index contributed by atoms with van der Waals surface area (Å²) in [6.07, 6.45) is 7.52. The summed E-state index contributed by atoms with van der Waals surface area (Å²) < 4.78 is 1.84. The molecule has 2 aromatic rings. The molecule has 144 valence electrons. The van der Waals surface area contributed by atoms with Gasteiger partial charge in [0.15, 0.2) is 5.96 Å². The third-order valence-corrected chi connectivity index (χ3v) is 5.58. The molecule has 0 radical (unpaired) electrons. The summed E-state index contributed by atoms with van der Waals surface area (Å²) in [5, 5.41) is 13.3. The van der Waals surface area contributed by atoms with Crippen LogP contribution in [-0.2, 0) is 13.5 Å². The van der Waals surface area contributed by atoms with Crippen LogP contribution in [0, 0.1) is 0 Å². The third kappa shape index (κ3) is 5.95. The number of rotatable bonds is 7. The lowest BCUT2D eigenvalue weighted by atomic mass is 10.2. The molecule has 0 aromatic carbocycles. The van der Waals surface area contributed by atoms with E-state index in [2.05, 4.69) is 49.3 Å². The van der Waals surface area contributed by atoms with Gasteiger partial charge in [-0.2, -0.15) is 5.10 Å². The summed E-state index contributed by atoms with van der Waals surface area (Å²) in [6.45, 7) is 4.11. The maximum absolute atomic E-state index is 4.36. The molecule has 0 bridgehead atoms. The van der Waals surface area contributed by atoms with Gasteiger partial charge in [0.2, 0.25) is 0 Å². The molecule has 3 heterocycles. The van der Waals surface area contributed by atoms with Crippen LogP contribution >= 0.6 is 35.3 Å². The number of aromatic nitrogens is 2. The fourth-order valence-electron chi connectivity index (χ4n) is 3.28. The zero-order chi connectivity index (χ0) is 17.5. The molecule has 0 amide bonds. The fraction of sp³-hybridized carbons (Fsp3) is 0.556. The van der Waals surface area contributed by atoms with Crippen molar-refractivity contribution >= 4 is 41.3 Å². The zero-order valence-electron chi connectivity index (χ0n) is 15.5. The second-order valence-corrected chi connectivity index (χ2v) is 7.41. The van der Waals surface area contributed by atoms with E-state index in [1.807, 2.05) is 36.3 Å². The number of nitrogens with one attached hydrogen (secondary N) is 2. The average molecular weight is 488 g/mol. The first-order valence-electron chi connectivity index (χ1n) is 8.96. The Morgan fingerprint density at radius 3 is 2.77 bits per heavy atom. The first-order valence-corrected chi connectivity index (χ1v) is 9.83. The summed E-state index contributed by atoms with van der Waals surface area (Å²) in [7, 11) is 3.77. The number of halogens is 1. The molecule has 0 spiro atoms. The van der Waals surface area contributed by atoms with Crippen molar-refractivity contribution in [2.45, 2.75) is 25.3 Å². The molecule has 2 N–H and O–H groups in total. The zero-order valence-corrected chi connectivity index (χ0v) is 18.7. The van der Waals surface area contributed by atoms with Crippen molar-refractivity contribution in [2.75, 3.05) is 33.2 Å².